The van der Waals surface area contributed by atoms with Gasteiger partial charge in [-0.15, -0.1) is 0 Å². The highest BCUT2D eigenvalue weighted by molar-refractivity contribution is 9.10. The number of aliphatic carboxylic acids is 1. The average Bonchev–Trinajstić information content (AvgIpc) is 2.19. The Labute approximate surface area is 102 Å². The third kappa shape index (κ3) is 3.16. The van der Waals surface area contributed by atoms with Crippen molar-refractivity contribution >= 4 is 27.7 Å². The van der Waals surface area contributed by atoms with Gasteiger partial charge in [-0.05, 0) is 9.91 Å². The summed E-state index contributed by atoms with van der Waals surface area (Å²) in [5.74, 6) is -2.09. The van der Waals surface area contributed by atoms with Gasteiger partial charge in [0.05, 0.1) is 6.42 Å². The summed E-state index contributed by atoms with van der Waals surface area (Å²) in [4.78, 5) is 23.4. The molecule has 1 aromatic rings. The van der Waals surface area contributed by atoms with E-state index in [1.807, 2.05) is 0 Å². The van der Waals surface area contributed by atoms with E-state index in [4.69, 9.17) is 5.11 Å². The number of rotatable bonds is 4. The molecule has 0 fully saturated rings. The summed E-state index contributed by atoms with van der Waals surface area (Å²) in [5, 5.41) is 19.0. The summed E-state index contributed by atoms with van der Waals surface area (Å²) in [7, 11) is 0. The molecule has 0 amide bonds. The van der Waals surface area contributed by atoms with E-state index in [2.05, 4.69) is 20.9 Å². The number of carboxylic acids is 1. The van der Waals surface area contributed by atoms with Crippen LogP contribution in [0.3, 0.4) is 0 Å². The molecular weight excluding hydrogens is 306 g/mol. The minimum atomic E-state index is -3.01. The molecule has 0 saturated carbocycles. The average molecular weight is 311 g/mol. The Morgan fingerprint density at radius 2 is 2.24 bits per heavy atom. The lowest BCUT2D eigenvalue weighted by molar-refractivity contribution is -0.389. The Bertz CT molecular complexity index is 481. The van der Waals surface area contributed by atoms with Crippen LogP contribution in [-0.4, -0.2) is 21.0 Å². The van der Waals surface area contributed by atoms with Crippen LogP contribution in [0.5, 0.6) is 0 Å². The zero-order chi connectivity index (χ0) is 13.2. The fourth-order valence-electron chi connectivity index (χ4n) is 1.16. The number of hydrogen-bond donors (Lipinski definition) is 1. The number of hydrogen-bond acceptors (Lipinski definition) is 4. The Hall–Kier alpha value is -1.64. The van der Waals surface area contributed by atoms with Crippen LogP contribution < -0.4 is 0 Å². The van der Waals surface area contributed by atoms with E-state index >= 15 is 0 Å². The lowest BCUT2D eigenvalue weighted by Gasteiger charge is -2.06. The number of nitro groups is 1. The molecule has 17 heavy (non-hydrogen) atoms. The van der Waals surface area contributed by atoms with Crippen molar-refractivity contribution in [1.82, 2.24) is 4.98 Å². The summed E-state index contributed by atoms with van der Waals surface area (Å²) in [6, 6.07) is 0.577. The molecular formula is C8H5BrF2N2O4. The van der Waals surface area contributed by atoms with E-state index in [-0.39, 0.29) is 10.2 Å². The second kappa shape index (κ2) is 5.13. The fraction of sp³-hybridized carbons (Fsp3) is 0.250. The Kier molecular flexibility index (Phi) is 4.05. The van der Waals surface area contributed by atoms with Gasteiger partial charge in [0, 0.05) is 33.1 Å². The van der Waals surface area contributed by atoms with Gasteiger partial charge in [-0.3, -0.25) is 4.79 Å². The summed E-state index contributed by atoms with van der Waals surface area (Å²) in [6.45, 7) is 0. The van der Waals surface area contributed by atoms with Gasteiger partial charge in [-0.1, -0.05) is 0 Å². The highest BCUT2D eigenvalue weighted by atomic mass is 79.9. The molecule has 92 valence electrons. The van der Waals surface area contributed by atoms with Gasteiger partial charge in [0.25, 0.3) is 6.43 Å². The smallest absolute Gasteiger partial charge is 0.365 e. The van der Waals surface area contributed by atoms with Crippen molar-refractivity contribution < 1.29 is 23.6 Å². The van der Waals surface area contributed by atoms with Gasteiger partial charge >= 0.3 is 11.8 Å². The first-order valence-electron chi connectivity index (χ1n) is 4.16. The Morgan fingerprint density at radius 3 is 2.65 bits per heavy atom. The molecule has 0 aliphatic rings. The molecule has 0 bridgehead atoms. The van der Waals surface area contributed by atoms with E-state index in [1.165, 1.54) is 0 Å². The van der Waals surface area contributed by atoms with Crippen molar-refractivity contribution in [3.63, 3.8) is 0 Å². The molecule has 0 aliphatic carbocycles. The number of carbonyl (C=O) groups is 1. The first-order chi connectivity index (χ1) is 7.82. The third-order valence-electron chi connectivity index (χ3n) is 1.84. The van der Waals surface area contributed by atoms with Crippen LogP contribution in [0.15, 0.2) is 10.7 Å². The molecule has 0 spiro atoms. The highest BCUT2D eigenvalue weighted by Gasteiger charge is 2.25. The van der Waals surface area contributed by atoms with Gasteiger partial charge in [-0.2, -0.15) is 0 Å². The number of pyridine rings is 1. The topological polar surface area (TPSA) is 93.3 Å². The van der Waals surface area contributed by atoms with Crippen LogP contribution >= 0.6 is 15.9 Å². The molecule has 1 N–H and O–H groups in total. The van der Waals surface area contributed by atoms with E-state index in [0.29, 0.717) is 6.07 Å². The number of aromatic nitrogens is 1. The molecule has 9 heteroatoms. The molecule has 1 heterocycles. The molecule has 0 unspecified atom stereocenters. The van der Waals surface area contributed by atoms with E-state index < -0.39 is 35.1 Å². The molecule has 0 radical (unpaired) electrons. The molecule has 0 atom stereocenters. The van der Waals surface area contributed by atoms with Gasteiger partial charge in [0.15, 0.2) is 0 Å². The molecule has 0 saturated heterocycles. The maximum atomic E-state index is 12.6. The van der Waals surface area contributed by atoms with E-state index in [1.54, 1.807) is 0 Å². The summed E-state index contributed by atoms with van der Waals surface area (Å²) in [5.41, 5.74) is -0.973. The van der Waals surface area contributed by atoms with Gasteiger partial charge < -0.3 is 15.2 Å². The van der Waals surface area contributed by atoms with Crippen LogP contribution in [-0.2, 0) is 11.2 Å². The minimum absolute atomic E-state index is 0.260. The van der Waals surface area contributed by atoms with Crippen LogP contribution in [0, 0.1) is 10.1 Å². The van der Waals surface area contributed by atoms with Crippen LogP contribution in [0.1, 0.15) is 17.6 Å². The van der Waals surface area contributed by atoms with Crippen LogP contribution in [0.2, 0.25) is 0 Å². The highest BCUT2D eigenvalue weighted by Crippen LogP contribution is 2.31. The molecule has 0 aromatic carbocycles. The van der Waals surface area contributed by atoms with Gasteiger partial charge in [0.1, 0.15) is 0 Å². The molecule has 6 nitrogen and oxygen atoms in total. The Balaban J connectivity index is 3.38. The first kappa shape index (κ1) is 13.4. The van der Waals surface area contributed by atoms with Crippen molar-refractivity contribution in [2.75, 3.05) is 0 Å². The van der Waals surface area contributed by atoms with Crippen molar-refractivity contribution in [3.8, 4) is 0 Å². The van der Waals surface area contributed by atoms with Crippen LogP contribution in [0.4, 0.5) is 14.6 Å². The third-order valence-corrected chi connectivity index (χ3v) is 2.50. The normalized spacial score (nSPS) is 10.6. The summed E-state index contributed by atoms with van der Waals surface area (Å²) < 4.78 is 25.0. The number of nitrogens with zero attached hydrogens (tertiary/aromatic N) is 2. The minimum Gasteiger partial charge on any atom is -0.481 e. The zero-order valence-corrected chi connectivity index (χ0v) is 9.65. The number of halogens is 3. The second-order valence-electron chi connectivity index (χ2n) is 2.97. The molecule has 1 aromatic heterocycles. The maximum absolute atomic E-state index is 12.6. The molecule has 1 rings (SSSR count). The SMILES string of the molecule is O=C(O)Cc1c(C(F)F)cc([N+](=O)[O-])nc1Br. The quantitative estimate of drug-likeness (QED) is 0.523. The first-order valence-corrected chi connectivity index (χ1v) is 4.96. The molecule has 0 aliphatic heterocycles. The van der Waals surface area contributed by atoms with Crippen LogP contribution in [0.25, 0.3) is 0 Å². The lowest BCUT2D eigenvalue weighted by atomic mass is 10.1. The van der Waals surface area contributed by atoms with Gasteiger partial charge in [0.2, 0.25) is 4.60 Å². The Morgan fingerprint density at radius 1 is 1.65 bits per heavy atom. The van der Waals surface area contributed by atoms with Crippen molar-refractivity contribution in [1.29, 1.82) is 0 Å². The summed E-state index contributed by atoms with van der Waals surface area (Å²) in [6.07, 6.45) is -3.70. The van der Waals surface area contributed by atoms with E-state index in [0.717, 1.165) is 0 Å². The largest absolute Gasteiger partial charge is 0.481 e. The van der Waals surface area contributed by atoms with E-state index in [9.17, 15) is 23.7 Å². The maximum Gasteiger partial charge on any atom is 0.365 e. The second-order valence-corrected chi connectivity index (χ2v) is 3.72. The van der Waals surface area contributed by atoms with Crippen molar-refractivity contribution in [2.24, 2.45) is 0 Å². The number of carboxylic acid groups (broad SMARTS) is 1. The van der Waals surface area contributed by atoms with Crippen molar-refractivity contribution in [3.05, 3.63) is 31.9 Å². The van der Waals surface area contributed by atoms with Gasteiger partial charge in [-0.25, -0.2) is 8.78 Å². The summed E-state index contributed by atoms with van der Waals surface area (Å²) >= 11 is 2.75. The zero-order valence-electron chi connectivity index (χ0n) is 8.06. The number of alkyl halides is 2. The monoisotopic (exact) mass is 310 g/mol. The predicted molar refractivity (Wildman–Crippen MR) is 54.9 cm³/mol. The predicted octanol–water partition coefficient (Wildman–Crippen LogP) is 2.32. The standard InChI is InChI=1S/C8H5BrF2N2O4/c9-7-3(2-6(14)15)4(8(10)11)1-5(12-7)13(16)17/h1,8H,2H2,(H,14,15). The lowest BCUT2D eigenvalue weighted by Crippen LogP contribution is -2.07. The van der Waals surface area contributed by atoms with Crippen molar-refractivity contribution in [2.45, 2.75) is 12.8 Å². The fourth-order valence-corrected chi connectivity index (χ4v) is 1.71.